The zero-order valence-electron chi connectivity index (χ0n) is 19.6. The van der Waals surface area contributed by atoms with Gasteiger partial charge >= 0.3 is 0 Å². The van der Waals surface area contributed by atoms with Gasteiger partial charge in [-0.25, -0.2) is 10.0 Å². The van der Waals surface area contributed by atoms with E-state index in [1.54, 1.807) is 0 Å². The van der Waals surface area contributed by atoms with Crippen molar-refractivity contribution in [2.24, 2.45) is 0 Å². The van der Waals surface area contributed by atoms with Crippen LogP contribution in [0, 0.1) is 0 Å². The number of aliphatic hydroxyl groups excluding tert-OH is 1. The number of benzene rings is 2. The number of hydrogen-bond donors (Lipinski definition) is 2. The number of piperazine rings is 2. The first-order chi connectivity index (χ1) is 16.5. The molecule has 0 aromatic heterocycles. The van der Waals surface area contributed by atoms with Crippen molar-refractivity contribution in [2.45, 2.75) is 31.2 Å². The second-order valence-electron chi connectivity index (χ2n) is 9.80. The highest BCUT2D eigenvalue weighted by Gasteiger charge is 2.40. The highest BCUT2D eigenvalue weighted by atomic mass is 35.5. The number of halogens is 2. The Morgan fingerprint density at radius 3 is 2.44 bits per heavy atom. The van der Waals surface area contributed by atoms with Crippen molar-refractivity contribution in [1.82, 2.24) is 25.1 Å². The molecule has 3 aliphatic heterocycles. The molecule has 0 aliphatic carbocycles. The van der Waals surface area contributed by atoms with Gasteiger partial charge in [0.25, 0.3) is 0 Å². The molecule has 0 amide bonds. The molecule has 184 valence electrons. The van der Waals surface area contributed by atoms with Gasteiger partial charge in [-0.1, -0.05) is 47.5 Å². The molecule has 3 atom stereocenters. The molecule has 0 radical (unpaired) electrons. The molecule has 2 N–H and O–H groups in total. The highest BCUT2D eigenvalue weighted by Crippen LogP contribution is 2.24. The Morgan fingerprint density at radius 1 is 0.882 bits per heavy atom. The monoisotopic (exact) mass is 503 g/mol. The molecule has 3 saturated heterocycles. The van der Waals surface area contributed by atoms with Crippen molar-refractivity contribution < 1.29 is 5.11 Å². The molecule has 34 heavy (non-hydrogen) atoms. The van der Waals surface area contributed by atoms with Crippen LogP contribution in [0.1, 0.15) is 11.1 Å². The summed E-state index contributed by atoms with van der Waals surface area (Å²) in [6.45, 7) is 9.50. The van der Waals surface area contributed by atoms with Crippen LogP contribution < -0.4 is 5.32 Å². The van der Waals surface area contributed by atoms with E-state index >= 15 is 0 Å². The van der Waals surface area contributed by atoms with E-state index in [4.69, 9.17) is 23.2 Å². The summed E-state index contributed by atoms with van der Waals surface area (Å²) in [6.07, 6.45) is 0.637. The second-order valence-corrected chi connectivity index (χ2v) is 10.7. The van der Waals surface area contributed by atoms with Crippen LogP contribution in [0.15, 0.2) is 48.5 Å². The first-order valence-electron chi connectivity index (χ1n) is 12.4. The topological polar surface area (TPSA) is 45.2 Å². The van der Waals surface area contributed by atoms with Gasteiger partial charge < -0.3 is 10.4 Å². The van der Waals surface area contributed by atoms with Crippen LogP contribution in [-0.2, 0) is 13.0 Å². The zero-order valence-corrected chi connectivity index (χ0v) is 21.1. The lowest BCUT2D eigenvalue weighted by atomic mass is 10.0. The van der Waals surface area contributed by atoms with Crippen molar-refractivity contribution in [3.8, 4) is 0 Å². The third-order valence-electron chi connectivity index (χ3n) is 7.48. The molecule has 5 rings (SSSR count). The third kappa shape index (κ3) is 5.94. The molecule has 3 unspecified atom stereocenters. The number of aliphatic hydroxyl groups is 1. The Kier molecular flexibility index (Phi) is 8.08. The van der Waals surface area contributed by atoms with E-state index in [0.717, 1.165) is 75.4 Å². The Labute approximate surface area is 213 Å². The molecule has 3 aliphatic rings. The maximum atomic E-state index is 11.0. The molecular formula is C26H35Cl2N5O. The Hall–Kier alpha value is -1.22. The third-order valence-corrected chi connectivity index (χ3v) is 7.96. The number of hydrogen-bond acceptors (Lipinski definition) is 6. The molecule has 0 bridgehead atoms. The minimum absolute atomic E-state index is 0.194. The SMILES string of the molecule is OC1CN(N2CCNCC2Cc2cccc(Cl)c2)CC1N1CCN(Cc2ccc(Cl)cc2)CC1. The standard InChI is InChI=1S/C26H35Cl2N5O/c27-22-6-4-20(5-7-22)17-30-10-12-31(13-11-30)25-18-32(19-26(25)34)33-9-8-29-16-24(33)15-21-2-1-3-23(28)14-21/h1-7,14,24-26,29,34H,8-13,15-19H2. The van der Waals surface area contributed by atoms with Gasteiger partial charge in [0.2, 0.25) is 0 Å². The maximum absolute atomic E-state index is 11.0. The molecule has 2 aromatic rings. The smallest absolute Gasteiger partial charge is 0.0849 e. The maximum Gasteiger partial charge on any atom is 0.0849 e. The number of nitrogens with zero attached hydrogens (tertiary/aromatic N) is 4. The Bertz CT molecular complexity index is 937. The summed E-state index contributed by atoms with van der Waals surface area (Å²) in [6, 6.07) is 16.9. The lowest BCUT2D eigenvalue weighted by Gasteiger charge is -2.42. The molecule has 8 heteroatoms. The van der Waals surface area contributed by atoms with Crippen molar-refractivity contribution in [1.29, 1.82) is 0 Å². The summed E-state index contributed by atoms with van der Waals surface area (Å²) in [7, 11) is 0. The van der Waals surface area contributed by atoms with Gasteiger partial charge in [-0.15, -0.1) is 0 Å². The number of β-amino-alcohol motifs (C(OH)–C–C–N with tert-alkyl or cyclic N) is 1. The summed E-state index contributed by atoms with van der Waals surface area (Å²) in [5.74, 6) is 0. The average molecular weight is 505 g/mol. The van der Waals surface area contributed by atoms with E-state index in [1.807, 2.05) is 24.3 Å². The van der Waals surface area contributed by atoms with Crippen molar-refractivity contribution >= 4 is 23.2 Å². The number of rotatable bonds is 6. The highest BCUT2D eigenvalue weighted by molar-refractivity contribution is 6.30. The van der Waals surface area contributed by atoms with Gasteiger partial charge in [-0.05, 0) is 41.8 Å². The fourth-order valence-corrected chi connectivity index (χ4v) is 5.99. The molecule has 3 heterocycles. The lowest BCUT2D eigenvalue weighted by Crippen LogP contribution is -2.59. The fraction of sp³-hybridized carbons (Fsp3) is 0.538. The zero-order chi connectivity index (χ0) is 23.5. The largest absolute Gasteiger partial charge is 0.390 e. The van der Waals surface area contributed by atoms with E-state index in [-0.39, 0.29) is 12.1 Å². The predicted molar refractivity (Wildman–Crippen MR) is 138 cm³/mol. The summed E-state index contributed by atoms with van der Waals surface area (Å²) < 4.78 is 0. The van der Waals surface area contributed by atoms with Gasteiger partial charge in [-0.3, -0.25) is 9.80 Å². The van der Waals surface area contributed by atoms with E-state index in [1.165, 1.54) is 11.1 Å². The normalized spacial score (nSPS) is 27.9. The van der Waals surface area contributed by atoms with Crippen LogP contribution in [0.5, 0.6) is 0 Å². The Morgan fingerprint density at radius 2 is 1.68 bits per heavy atom. The molecule has 3 fully saturated rings. The van der Waals surface area contributed by atoms with Crippen LogP contribution >= 0.6 is 23.2 Å². The minimum Gasteiger partial charge on any atom is -0.390 e. The van der Waals surface area contributed by atoms with E-state index in [9.17, 15) is 5.11 Å². The number of hydrazine groups is 1. The van der Waals surface area contributed by atoms with E-state index in [0.29, 0.717) is 12.6 Å². The Balaban J connectivity index is 1.16. The van der Waals surface area contributed by atoms with Crippen LogP contribution in [0.25, 0.3) is 0 Å². The summed E-state index contributed by atoms with van der Waals surface area (Å²) >= 11 is 12.2. The van der Waals surface area contributed by atoms with E-state index in [2.05, 4.69) is 49.4 Å². The van der Waals surface area contributed by atoms with E-state index < -0.39 is 0 Å². The average Bonchev–Trinajstić information content (AvgIpc) is 3.23. The van der Waals surface area contributed by atoms with Crippen LogP contribution in [-0.4, -0.2) is 102 Å². The minimum atomic E-state index is -0.315. The molecular weight excluding hydrogens is 469 g/mol. The molecule has 6 nitrogen and oxygen atoms in total. The first kappa shape index (κ1) is 24.5. The van der Waals surface area contributed by atoms with Crippen molar-refractivity contribution in [3.63, 3.8) is 0 Å². The van der Waals surface area contributed by atoms with Gasteiger partial charge in [0.1, 0.15) is 0 Å². The van der Waals surface area contributed by atoms with Gasteiger partial charge in [0.05, 0.1) is 12.1 Å². The molecule has 2 aromatic carbocycles. The fourth-order valence-electron chi connectivity index (χ4n) is 5.66. The van der Waals surface area contributed by atoms with Gasteiger partial charge in [0.15, 0.2) is 0 Å². The summed E-state index contributed by atoms with van der Waals surface area (Å²) in [5.41, 5.74) is 2.56. The van der Waals surface area contributed by atoms with Crippen LogP contribution in [0.3, 0.4) is 0 Å². The quantitative estimate of drug-likeness (QED) is 0.631. The summed E-state index contributed by atoms with van der Waals surface area (Å²) in [5, 5.41) is 21.0. The second kappa shape index (κ2) is 11.2. The molecule has 0 spiro atoms. The van der Waals surface area contributed by atoms with Crippen molar-refractivity contribution in [2.75, 3.05) is 58.9 Å². The predicted octanol–water partition coefficient (Wildman–Crippen LogP) is 2.59. The lowest BCUT2D eigenvalue weighted by molar-refractivity contribution is -0.0626. The van der Waals surface area contributed by atoms with Crippen LogP contribution in [0.4, 0.5) is 0 Å². The van der Waals surface area contributed by atoms with Crippen LogP contribution in [0.2, 0.25) is 10.0 Å². The van der Waals surface area contributed by atoms with Gasteiger partial charge in [-0.2, -0.15) is 0 Å². The van der Waals surface area contributed by atoms with Gasteiger partial charge in [0, 0.05) is 81.5 Å². The van der Waals surface area contributed by atoms with Crippen molar-refractivity contribution in [3.05, 3.63) is 69.7 Å². The summed E-state index contributed by atoms with van der Waals surface area (Å²) in [4.78, 5) is 4.99. The number of nitrogens with one attached hydrogen (secondary N) is 1. The first-order valence-corrected chi connectivity index (χ1v) is 13.2. The molecule has 0 saturated carbocycles.